The molecule has 0 aliphatic carbocycles. The Kier molecular flexibility index (Phi) is 3.34. The predicted molar refractivity (Wildman–Crippen MR) is 54.4 cm³/mol. The first-order valence-corrected chi connectivity index (χ1v) is 5.34. The Balaban J connectivity index is 2.56. The van der Waals surface area contributed by atoms with Crippen molar-refractivity contribution in [3.05, 3.63) is 0 Å². The molecule has 1 fully saturated rings. The molecule has 0 N–H and O–H groups in total. The molecule has 76 valence electrons. The number of carbonyl (C=O) groups excluding carboxylic acids is 1. The summed E-state index contributed by atoms with van der Waals surface area (Å²) in [6.07, 6.45) is 2.36. The standard InChI is InChI=1S/C11H21NO/c1-8(2)10(4)11(13)12-7-5-6-9(12)3/h8-10H,5-7H2,1-4H3/t9?,10-/m0/s1. The highest BCUT2D eigenvalue weighted by Crippen LogP contribution is 2.21. The van der Waals surface area contributed by atoms with Crippen LogP contribution >= 0.6 is 0 Å². The van der Waals surface area contributed by atoms with E-state index in [4.69, 9.17) is 0 Å². The molecule has 2 nitrogen and oxygen atoms in total. The topological polar surface area (TPSA) is 20.3 Å². The molecule has 1 aliphatic heterocycles. The first-order chi connectivity index (χ1) is 6.04. The van der Waals surface area contributed by atoms with E-state index in [1.165, 1.54) is 12.8 Å². The maximum absolute atomic E-state index is 11.9. The van der Waals surface area contributed by atoms with Gasteiger partial charge in [0.2, 0.25) is 5.91 Å². The van der Waals surface area contributed by atoms with Gasteiger partial charge in [0.25, 0.3) is 0 Å². The van der Waals surface area contributed by atoms with E-state index in [-0.39, 0.29) is 5.92 Å². The van der Waals surface area contributed by atoms with Gasteiger partial charge in [-0.15, -0.1) is 0 Å². The van der Waals surface area contributed by atoms with E-state index in [1.54, 1.807) is 0 Å². The van der Waals surface area contributed by atoms with Gasteiger partial charge < -0.3 is 4.90 Å². The van der Waals surface area contributed by atoms with E-state index in [9.17, 15) is 4.79 Å². The molecule has 0 bridgehead atoms. The Hall–Kier alpha value is -0.530. The van der Waals surface area contributed by atoms with Crippen molar-refractivity contribution in [3.8, 4) is 0 Å². The molecule has 0 aromatic rings. The molecule has 0 radical (unpaired) electrons. The van der Waals surface area contributed by atoms with Crippen LogP contribution in [0.4, 0.5) is 0 Å². The smallest absolute Gasteiger partial charge is 0.225 e. The van der Waals surface area contributed by atoms with Crippen molar-refractivity contribution in [2.45, 2.75) is 46.6 Å². The second-order valence-electron chi connectivity index (χ2n) is 4.56. The SMILES string of the molecule is CC(C)[C@H](C)C(=O)N1CCCC1C. The van der Waals surface area contributed by atoms with Gasteiger partial charge in [-0.2, -0.15) is 0 Å². The number of likely N-dealkylation sites (tertiary alicyclic amines) is 1. The minimum Gasteiger partial charge on any atom is -0.340 e. The maximum atomic E-state index is 11.9. The van der Waals surface area contributed by atoms with Gasteiger partial charge in [0.15, 0.2) is 0 Å². The molecule has 13 heavy (non-hydrogen) atoms. The first kappa shape index (κ1) is 10.6. The van der Waals surface area contributed by atoms with Crippen molar-refractivity contribution < 1.29 is 4.79 Å². The summed E-state index contributed by atoms with van der Waals surface area (Å²) >= 11 is 0. The molecule has 1 saturated heterocycles. The molecule has 0 aromatic heterocycles. The van der Waals surface area contributed by atoms with Crippen molar-refractivity contribution >= 4 is 5.91 Å². The molecule has 0 saturated carbocycles. The van der Waals surface area contributed by atoms with Crippen LogP contribution in [0, 0.1) is 11.8 Å². The summed E-state index contributed by atoms with van der Waals surface area (Å²) in [4.78, 5) is 14.0. The zero-order chi connectivity index (χ0) is 10.0. The van der Waals surface area contributed by atoms with E-state index >= 15 is 0 Å². The molecule has 0 aromatic carbocycles. The van der Waals surface area contributed by atoms with Gasteiger partial charge in [-0.25, -0.2) is 0 Å². The lowest BCUT2D eigenvalue weighted by Gasteiger charge is -2.26. The van der Waals surface area contributed by atoms with Crippen molar-refractivity contribution in [3.63, 3.8) is 0 Å². The molecule has 1 unspecified atom stereocenters. The lowest BCUT2D eigenvalue weighted by atomic mass is 9.96. The summed E-state index contributed by atoms with van der Waals surface area (Å²) in [6.45, 7) is 9.39. The van der Waals surface area contributed by atoms with E-state index in [0.717, 1.165) is 6.54 Å². The fourth-order valence-electron chi connectivity index (χ4n) is 1.81. The summed E-state index contributed by atoms with van der Waals surface area (Å²) in [5, 5.41) is 0. The average Bonchev–Trinajstić information content (AvgIpc) is 2.48. The zero-order valence-electron chi connectivity index (χ0n) is 9.21. The number of rotatable bonds is 2. The van der Waals surface area contributed by atoms with Crippen LogP contribution in [0.3, 0.4) is 0 Å². The Morgan fingerprint density at radius 2 is 2.00 bits per heavy atom. The molecule has 2 heteroatoms. The lowest BCUT2D eigenvalue weighted by Crippen LogP contribution is -2.38. The van der Waals surface area contributed by atoms with Crippen molar-refractivity contribution in [1.29, 1.82) is 0 Å². The van der Waals surface area contributed by atoms with E-state index in [1.807, 2.05) is 11.8 Å². The second kappa shape index (κ2) is 4.12. The number of nitrogens with zero attached hydrogens (tertiary/aromatic N) is 1. The number of hydrogen-bond acceptors (Lipinski definition) is 1. The molecule has 1 aliphatic rings. The van der Waals surface area contributed by atoms with Gasteiger partial charge in [-0.05, 0) is 25.7 Å². The van der Waals surface area contributed by atoms with Gasteiger partial charge in [-0.3, -0.25) is 4.79 Å². The largest absolute Gasteiger partial charge is 0.340 e. The summed E-state index contributed by atoms with van der Waals surface area (Å²) in [7, 11) is 0. The molecular formula is C11H21NO. The van der Waals surface area contributed by atoms with Crippen LogP contribution in [-0.2, 0) is 4.79 Å². The number of amides is 1. The molecule has 1 rings (SSSR count). The Labute approximate surface area is 81.3 Å². The van der Waals surface area contributed by atoms with E-state index in [2.05, 4.69) is 20.8 Å². The predicted octanol–water partition coefficient (Wildman–Crippen LogP) is 2.29. The van der Waals surface area contributed by atoms with E-state index < -0.39 is 0 Å². The monoisotopic (exact) mass is 183 g/mol. The lowest BCUT2D eigenvalue weighted by molar-refractivity contribution is -0.136. The van der Waals surface area contributed by atoms with Gasteiger partial charge in [0, 0.05) is 18.5 Å². The van der Waals surface area contributed by atoms with Gasteiger partial charge in [0.1, 0.15) is 0 Å². The Bertz CT molecular complexity index is 189. The van der Waals surface area contributed by atoms with E-state index in [0.29, 0.717) is 17.9 Å². The van der Waals surface area contributed by atoms with Gasteiger partial charge in [0.05, 0.1) is 0 Å². The normalized spacial score (nSPS) is 25.3. The van der Waals surface area contributed by atoms with Crippen LogP contribution in [0.1, 0.15) is 40.5 Å². The highest BCUT2D eigenvalue weighted by atomic mass is 16.2. The van der Waals surface area contributed by atoms with Crippen LogP contribution in [-0.4, -0.2) is 23.4 Å². The quantitative estimate of drug-likeness (QED) is 0.643. The van der Waals surface area contributed by atoms with Crippen LogP contribution in [0.2, 0.25) is 0 Å². The van der Waals surface area contributed by atoms with Crippen LogP contribution in [0.5, 0.6) is 0 Å². The fraction of sp³-hybridized carbons (Fsp3) is 0.909. The van der Waals surface area contributed by atoms with Crippen molar-refractivity contribution in [2.24, 2.45) is 11.8 Å². The third kappa shape index (κ3) is 2.23. The second-order valence-corrected chi connectivity index (χ2v) is 4.56. The molecule has 0 spiro atoms. The molecule has 1 heterocycles. The van der Waals surface area contributed by atoms with Crippen LogP contribution in [0.25, 0.3) is 0 Å². The molecule has 2 atom stereocenters. The summed E-state index contributed by atoms with van der Waals surface area (Å²) in [6, 6.07) is 0.466. The summed E-state index contributed by atoms with van der Waals surface area (Å²) in [5.74, 6) is 0.987. The van der Waals surface area contributed by atoms with Crippen LogP contribution in [0.15, 0.2) is 0 Å². The van der Waals surface area contributed by atoms with Crippen molar-refractivity contribution in [2.75, 3.05) is 6.54 Å². The first-order valence-electron chi connectivity index (χ1n) is 5.34. The zero-order valence-corrected chi connectivity index (χ0v) is 9.21. The highest BCUT2D eigenvalue weighted by Gasteiger charge is 2.29. The number of hydrogen-bond donors (Lipinski definition) is 0. The van der Waals surface area contributed by atoms with Gasteiger partial charge >= 0.3 is 0 Å². The third-order valence-electron chi connectivity index (χ3n) is 3.23. The third-order valence-corrected chi connectivity index (χ3v) is 3.23. The minimum atomic E-state index is 0.181. The maximum Gasteiger partial charge on any atom is 0.225 e. The molecule has 1 amide bonds. The summed E-state index contributed by atoms with van der Waals surface area (Å²) < 4.78 is 0. The average molecular weight is 183 g/mol. The fourth-order valence-corrected chi connectivity index (χ4v) is 1.81. The summed E-state index contributed by atoms with van der Waals surface area (Å²) in [5.41, 5.74) is 0. The Morgan fingerprint density at radius 1 is 1.38 bits per heavy atom. The Morgan fingerprint density at radius 3 is 2.38 bits per heavy atom. The highest BCUT2D eigenvalue weighted by molar-refractivity contribution is 5.79. The van der Waals surface area contributed by atoms with Crippen LogP contribution < -0.4 is 0 Å². The van der Waals surface area contributed by atoms with Gasteiger partial charge in [-0.1, -0.05) is 20.8 Å². The molecular weight excluding hydrogens is 162 g/mol. The minimum absolute atomic E-state index is 0.181. The van der Waals surface area contributed by atoms with Crippen molar-refractivity contribution in [1.82, 2.24) is 4.90 Å². The number of carbonyl (C=O) groups is 1.